The van der Waals surface area contributed by atoms with Crippen LogP contribution in [0.15, 0.2) is 60.2 Å². The number of aryl methyl sites for hydroxylation is 1. The number of hydrogen-bond donors (Lipinski definition) is 1. The Morgan fingerprint density at radius 3 is 2.68 bits per heavy atom. The first kappa shape index (κ1) is 16.1. The molecule has 0 spiro atoms. The minimum Gasteiger partial charge on any atom is -0.340 e. The maximum Gasteiger partial charge on any atom is 0.143 e. The summed E-state index contributed by atoms with van der Waals surface area (Å²) in [6.07, 6.45) is 2.63. The molecule has 2 aromatic carbocycles. The van der Waals surface area contributed by atoms with Crippen molar-refractivity contribution < 1.29 is 0 Å². The lowest BCUT2D eigenvalue weighted by atomic mass is 10.0. The van der Waals surface area contributed by atoms with Crippen molar-refractivity contribution >= 4 is 44.7 Å². The molecule has 25 heavy (non-hydrogen) atoms. The van der Waals surface area contributed by atoms with Crippen LogP contribution in [0.2, 0.25) is 5.02 Å². The molecule has 4 aromatic rings. The molecule has 0 aliphatic carbocycles. The summed E-state index contributed by atoms with van der Waals surface area (Å²) in [4.78, 5) is 9.85. The molecule has 0 atom stereocenters. The predicted molar refractivity (Wildman–Crippen MR) is 107 cm³/mol. The van der Waals surface area contributed by atoms with Gasteiger partial charge < -0.3 is 5.32 Å². The van der Waals surface area contributed by atoms with Crippen LogP contribution < -0.4 is 5.32 Å². The molecule has 124 valence electrons. The van der Waals surface area contributed by atoms with E-state index in [9.17, 15) is 0 Å². The Morgan fingerprint density at radius 1 is 1.08 bits per heavy atom. The molecule has 0 fully saturated rings. The van der Waals surface area contributed by atoms with Gasteiger partial charge in [-0.2, -0.15) is 0 Å². The molecule has 0 saturated carbocycles. The SMILES string of the molecule is CCc1ccc(-c2csc3ncnc(Nc4cccc(Cl)c4)c23)cc1. The maximum atomic E-state index is 6.09. The average Bonchev–Trinajstić information content (AvgIpc) is 3.07. The molecule has 0 unspecified atom stereocenters. The molecule has 1 N–H and O–H groups in total. The summed E-state index contributed by atoms with van der Waals surface area (Å²) >= 11 is 7.72. The Kier molecular flexibility index (Phi) is 4.38. The van der Waals surface area contributed by atoms with Crippen molar-refractivity contribution in [2.45, 2.75) is 13.3 Å². The molecule has 2 aromatic heterocycles. The fourth-order valence-corrected chi connectivity index (χ4v) is 3.91. The second kappa shape index (κ2) is 6.82. The zero-order valence-corrected chi connectivity index (χ0v) is 15.2. The van der Waals surface area contributed by atoms with Gasteiger partial charge in [0.1, 0.15) is 17.0 Å². The summed E-state index contributed by atoms with van der Waals surface area (Å²) in [6, 6.07) is 16.3. The Balaban J connectivity index is 1.81. The normalized spacial score (nSPS) is 11.0. The first-order valence-corrected chi connectivity index (χ1v) is 9.34. The zero-order valence-electron chi connectivity index (χ0n) is 13.7. The fourth-order valence-electron chi connectivity index (χ4n) is 2.81. The highest BCUT2D eigenvalue weighted by Crippen LogP contribution is 2.37. The van der Waals surface area contributed by atoms with Gasteiger partial charge in [-0.25, -0.2) is 9.97 Å². The Hall–Kier alpha value is -2.43. The van der Waals surface area contributed by atoms with Crippen molar-refractivity contribution in [3.8, 4) is 11.1 Å². The fraction of sp³-hybridized carbons (Fsp3) is 0.100. The molecule has 0 amide bonds. The molecule has 0 saturated heterocycles. The lowest BCUT2D eigenvalue weighted by molar-refractivity contribution is 1.14. The Labute approximate surface area is 155 Å². The summed E-state index contributed by atoms with van der Waals surface area (Å²) in [5.74, 6) is 0.795. The summed E-state index contributed by atoms with van der Waals surface area (Å²) in [6.45, 7) is 2.16. The van der Waals surface area contributed by atoms with Gasteiger partial charge in [0.2, 0.25) is 0 Å². The van der Waals surface area contributed by atoms with Crippen molar-refractivity contribution in [1.29, 1.82) is 0 Å². The third-order valence-corrected chi connectivity index (χ3v) is 5.25. The topological polar surface area (TPSA) is 37.8 Å². The monoisotopic (exact) mass is 365 g/mol. The van der Waals surface area contributed by atoms with E-state index >= 15 is 0 Å². The smallest absolute Gasteiger partial charge is 0.143 e. The van der Waals surface area contributed by atoms with Crippen LogP contribution in [0, 0.1) is 0 Å². The Bertz CT molecular complexity index is 1020. The van der Waals surface area contributed by atoms with E-state index in [1.807, 2.05) is 24.3 Å². The highest BCUT2D eigenvalue weighted by Gasteiger charge is 2.13. The number of halogens is 1. The minimum absolute atomic E-state index is 0.691. The summed E-state index contributed by atoms with van der Waals surface area (Å²) < 4.78 is 0. The van der Waals surface area contributed by atoms with Gasteiger partial charge >= 0.3 is 0 Å². The number of fused-ring (bicyclic) bond motifs is 1. The van der Waals surface area contributed by atoms with Crippen LogP contribution in [0.25, 0.3) is 21.3 Å². The van der Waals surface area contributed by atoms with Gasteiger partial charge in [0, 0.05) is 21.7 Å². The van der Waals surface area contributed by atoms with Crippen molar-refractivity contribution in [3.05, 3.63) is 70.8 Å². The molecular weight excluding hydrogens is 350 g/mol. The van der Waals surface area contributed by atoms with Crippen molar-refractivity contribution in [2.75, 3.05) is 5.32 Å². The second-order valence-corrected chi connectivity index (χ2v) is 7.03. The predicted octanol–water partition coefficient (Wildman–Crippen LogP) is 6.32. The van der Waals surface area contributed by atoms with E-state index in [-0.39, 0.29) is 0 Å². The standard InChI is InChI=1S/C20H16ClN3S/c1-2-13-6-8-14(9-7-13)17-11-25-20-18(17)19(22-12-23-20)24-16-5-3-4-15(21)10-16/h3-12H,2H2,1H3,(H,22,23,24). The van der Waals surface area contributed by atoms with Crippen LogP contribution in [-0.2, 0) is 6.42 Å². The van der Waals surface area contributed by atoms with Crippen LogP contribution in [0.1, 0.15) is 12.5 Å². The average molecular weight is 366 g/mol. The summed E-state index contributed by atoms with van der Waals surface area (Å²) in [7, 11) is 0. The van der Waals surface area contributed by atoms with Crippen LogP contribution in [0.5, 0.6) is 0 Å². The van der Waals surface area contributed by atoms with Gasteiger partial charge in [0.15, 0.2) is 0 Å². The lowest BCUT2D eigenvalue weighted by Gasteiger charge is -2.09. The number of thiophene rings is 1. The molecule has 4 rings (SSSR count). The largest absolute Gasteiger partial charge is 0.340 e. The highest BCUT2D eigenvalue weighted by molar-refractivity contribution is 7.17. The van der Waals surface area contributed by atoms with Crippen LogP contribution in [-0.4, -0.2) is 9.97 Å². The molecule has 0 aliphatic heterocycles. The Morgan fingerprint density at radius 2 is 1.92 bits per heavy atom. The molecular formula is C20H16ClN3S. The van der Waals surface area contributed by atoms with Crippen LogP contribution in [0.4, 0.5) is 11.5 Å². The first-order valence-electron chi connectivity index (χ1n) is 8.08. The van der Waals surface area contributed by atoms with Gasteiger partial charge in [-0.1, -0.05) is 48.9 Å². The van der Waals surface area contributed by atoms with Crippen molar-refractivity contribution in [1.82, 2.24) is 9.97 Å². The lowest BCUT2D eigenvalue weighted by Crippen LogP contribution is -1.95. The van der Waals surface area contributed by atoms with Crippen LogP contribution >= 0.6 is 22.9 Å². The zero-order chi connectivity index (χ0) is 17.2. The maximum absolute atomic E-state index is 6.09. The first-order chi connectivity index (χ1) is 12.2. The summed E-state index contributed by atoms with van der Waals surface area (Å²) in [5.41, 5.74) is 4.56. The number of aromatic nitrogens is 2. The molecule has 5 heteroatoms. The minimum atomic E-state index is 0.691. The van der Waals surface area contributed by atoms with Gasteiger partial charge in [-0.3, -0.25) is 0 Å². The van der Waals surface area contributed by atoms with Gasteiger partial charge in [0.05, 0.1) is 5.39 Å². The summed E-state index contributed by atoms with van der Waals surface area (Å²) in [5, 5.41) is 7.25. The van der Waals surface area contributed by atoms with Gasteiger partial charge in [-0.15, -0.1) is 11.3 Å². The molecule has 0 radical (unpaired) electrons. The van der Waals surface area contributed by atoms with E-state index in [4.69, 9.17) is 11.6 Å². The number of nitrogens with one attached hydrogen (secondary N) is 1. The third-order valence-electron chi connectivity index (χ3n) is 4.13. The van der Waals surface area contributed by atoms with E-state index in [0.717, 1.165) is 33.7 Å². The quantitative estimate of drug-likeness (QED) is 0.460. The molecule has 3 nitrogen and oxygen atoms in total. The number of hydrogen-bond acceptors (Lipinski definition) is 4. The van der Waals surface area contributed by atoms with E-state index in [1.54, 1.807) is 17.7 Å². The number of anilines is 2. The van der Waals surface area contributed by atoms with E-state index in [1.165, 1.54) is 11.1 Å². The molecule has 2 heterocycles. The van der Waals surface area contributed by atoms with Crippen molar-refractivity contribution in [3.63, 3.8) is 0 Å². The van der Waals surface area contributed by atoms with Crippen molar-refractivity contribution in [2.24, 2.45) is 0 Å². The van der Waals surface area contributed by atoms with E-state index in [2.05, 4.69) is 51.9 Å². The number of nitrogens with zero attached hydrogens (tertiary/aromatic N) is 2. The van der Waals surface area contributed by atoms with Gasteiger partial charge in [0.25, 0.3) is 0 Å². The van der Waals surface area contributed by atoms with E-state index < -0.39 is 0 Å². The van der Waals surface area contributed by atoms with Crippen LogP contribution in [0.3, 0.4) is 0 Å². The second-order valence-electron chi connectivity index (χ2n) is 5.74. The molecule has 0 bridgehead atoms. The van der Waals surface area contributed by atoms with E-state index in [0.29, 0.717) is 5.02 Å². The molecule has 0 aliphatic rings. The van der Waals surface area contributed by atoms with Gasteiger partial charge in [-0.05, 0) is 35.7 Å². The highest BCUT2D eigenvalue weighted by atomic mass is 35.5. The number of rotatable bonds is 4. The third kappa shape index (κ3) is 3.23. The number of benzene rings is 2.